The zero-order chi connectivity index (χ0) is 24.0. The summed E-state index contributed by atoms with van der Waals surface area (Å²) >= 11 is 0. The second-order valence-corrected chi connectivity index (χ2v) is 6.65. The van der Waals surface area contributed by atoms with Gasteiger partial charge in [-0.3, -0.25) is 14.9 Å². The van der Waals surface area contributed by atoms with E-state index in [0.29, 0.717) is 5.69 Å². The van der Waals surface area contributed by atoms with Gasteiger partial charge in [0.25, 0.3) is 11.6 Å². The molecule has 0 radical (unpaired) electrons. The number of anilines is 3. The Bertz CT molecular complexity index is 1180. The third-order valence-electron chi connectivity index (χ3n) is 4.32. The Hall–Kier alpha value is -4.41. The lowest BCUT2D eigenvalue weighted by Crippen LogP contribution is -2.22. The predicted octanol–water partition coefficient (Wildman–Crippen LogP) is 5.15. The molecule has 0 heterocycles. The van der Waals surface area contributed by atoms with Gasteiger partial charge in [0.15, 0.2) is 6.61 Å². The lowest BCUT2D eigenvalue weighted by Gasteiger charge is -2.13. The van der Waals surface area contributed by atoms with Gasteiger partial charge in [-0.15, -0.1) is 0 Å². The zero-order valence-corrected chi connectivity index (χ0v) is 16.8. The molecule has 0 bridgehead atoms. The van der Waals surface area contributed by atoms with E-state index in [1.54, 1.807) is 30.3 Å². The lowest BCUT2D eigenvalue weighted by molar-refractivity contribution is -0.383. The first-order chi connectivity index (χ1) is 15.6. The Balaban J connectivity index is 1.67. The van der Waals surface area contributed by atoms with Gasteiger partial charge in [-0.1, -0.05) is 30.3 Å². The highest BCUT2D eigenvalue weighted by Crippen LogP contribution is 2.34. The van der Waals surface area contributed by atoms with E-state index in [-0.39, 0.29) is 11.3 Å². The summed E-state index contributed by atoms with van der Waals surface area (Å²) in [5.41, 5.74) is -1.43. The largest absolute Gasteiger partial charge is 0.452 e. The molecule has 0 aromatic heterocycles. The molecule has 8 nitrogen and oxygen atoms in total. The molecular weight excluding hydrogens is 443 g/mol. The minimum absolute atomic E-state index is 0.129. The monoisotopic (exact) mass is 459 g/mol. The molecule has 33 heavy (non-hydrogen) atoms. The predicted molar refractivity (Wildman–Crippen MR) is 113 cm³/mol. The van der Waals surface area contributed by atoms with Crippen LogP contribution >= 0.6 is 0 Å². The van der Waals surface area contributed by atoms with Crippen LogP contribution in [-0.2, 0) is 15.7 Å². The van der Waals surface area contributed by atoms with Crippen LogP contribution in [0.2, 0.25) is 0 Å². The summed E-state index contributed by atoms with van der Waals surface area (Å²) in [6.07, 6.45) is -4.69. The summed E-state index contributed by atoms with van der Waals surface area (Å²) in [7, 11) is 0. The minimum atomic E-state index is -4.69. The van der Waals surface area contributed by atoms with Crippen LogP contribution < -0.4 is 10.6 Å². The minimum Gasteiger partial charge on any atom is -0.452 e. The first-order valence-corrected chi connectivity index (χ1v) is 9.39. The zero-order valence-electron chi connectivity index (χ0n) is 16.8. The molecule has 0 unspecified atom stereocenters. The number of alkyl halides is 3. The number of para-hydroxylation sites is 2. The third-order valence-corrected chi connectivity index (χ3v) is 4.32. The second kappa shape index (κ2) is 9.81. The first kappa shape index (κ1) is 23.3. The van der Waals surface area contributed by atoms with Crippen molar-refractivity contribution in [3.8, 4) is 0 Å². The van der Waals surface area contributed by atoms with Crippen molar-refractivity contribution in [2.75, 3.05) is 17.2 Å². The topological polar surface area (TPSA) is 111 Å². The van der Waals surface area contributed by atoms with Crippen LogP contribution in [0.3, 0.4) is 0 Å². The molecule has 0 atom stereocenters. The fraction of sp³-hybridized carbons (Fsp3) is 0.0909. The normalized spacial score (nSPS) is 10.9. The van der Waals surface area contributed by atoms with Crippen LogP contribution in [0.4, 0.5) is 35.9 Å². The highest BCUT2D eigenvalue weighted by Gasteiger charge is 2.33. The number of carbonyl (C=O) groups excluding carboxylic acids is 2. The average Bonchev–Trinajstić information content (AvgIpc) is 2.78. The smallest absolute Gasteiger partial charge is 0.418 e. The number of hydrogen-bond donors (Lipinski definition) is 2. The average molecular weight is 459 g/mol. The number of amides is 1. The van der Waals surface area contributed by atoms with Crippen LogP contribution in [0, 0.1) is 10.1 Å². The Labute approximate surface area is 185 Å². The molecule has 0 saturated heterocycles. The quantitative estimate of drug-likeness (QED) is 0.287. The number of benzene rings is 3. The summed E-state index contributed by atoms with van der Waals surface area (Å²) in [5.74, 6) is -2.06. The molecule has 0 fully saturated rings. The molecular formula is C22H16F3N3O5. The van der Waals surface area contributed by atoms with Crippen molar-refractivity contribution in [2.45, 2.75) is 6.18 Å². The molecule has 0 aliphatic carbocycles. The molecule has 0 aliphatic rings. The van der Waals surface area contributed by atoms with Gasteiger partial charge in [0.2, 0.25) is 0 Å². The van der Waals surface area contributed by atoms with Crippen molar-refractivity contribution < 1.29 is 32.4 Å². The van der Waals surface area contributed by atoms with Crippen LogP contribution in [0.15, 0.2) is 72.8 Å². The number of nitro benzene ring substituents is 1. The molecule has 3 rings (SSSR count). The van der Waals surface area contributed by atoms with E-state index in [2.05, 4.69) is 5.32 Å². The van der Waals surface area contributed by atoms with E-state index in [4.69, 9.17) is 4.74 Å². The van der Waals surface area contributed by atoms with Gasteiger partial charge in [0.05, 0.1) is 21.7 Å². The summed E-state index contributed by atoms with van der Waals surface area (Å²) in [6, 6.07) is 16.5. The van der Waals surface area contributed by atoms with Gasteiger partial charge in [-0.25, -0.2) is 4.79 Å². The van der Waals surface area contributed by atoms with Crippen LogP contribution in [0.5, 0.6) is 0 Å². The number of nitro groups is 1. The van der Waals surface area contributed by atoms with E-state index in [9.17, 15) is 32.9 Å². The molecule has 3 aromatic carbocycles. The molecule has 3 aromatic rings. The molecule has 0 aliphatic heterocycles. The Morgan fingerprint density at radius 3 is 2.27 bits per heavy atom. The maximum Gasteiger partial charge on any atom is 0.418 e. The Kier molecular flexibility index (Phi) is 6.91. The lowest BCUT2D eigenvalue weighted by atomic mass is 10.1. The van der Waals surface area contributed by atoms with Crippen molar-refractivity contribution in [1.82, 2.24) is 0 Å². The third kappa shape index (κ3) is 6.06. The number of nitrogens with one attached hydrogen (secondary N) is 2. The summed E-state index contributed by atoms with van der Waals surface area (Å²) in [6.45, 7) is -0.886. The fourth-order valence-electron chi connectivity index (χ4n) is 2.83. The maximum atomic E-state index is 13.0. The van der Waals surface area contributed by atoms with Crippen LogP contribution in [-0.4, -0.2) is 23.4 Å². The number of ether oxygens (including phenoxy) is 1. The number of halogens is 3. The molecule has 1 amide bonds. The van der Waals surface area contributed by atoms with Gasteiger partial charge >= 0.3 is 12.1 Å². The highest BCUT2D eigenvalue weighted by molar-refractivity contribution is 5.96. The number of esters is 1. The maximum absolute atomic E-state index is 13.0. The van der Waals surface area contributed by atoms with Crippen molar-refractivity contribution in [3.05, 3.63) is 94.0 Å². The molecule has 2 N–H and O–H groups in total. The van der Waals surface area contributed by atoms with E-state index in [0.717, 1.165) is 18.2 Å². The standard InChI is InChI=1S/C22H16F3N3O5/c23-22(24,25)16-8-4-5-9-17(16)27-20(29)13-33-21(30)14-10-11-18(19(12-14)28(31)32)26-15-6-2-1-3-7-15/h1-12,26H,13H2,(H,27,29). The number of rotatable bonds is 7. The fourth-order valence-corrected chi connectivity index (χ4v) is 2.83. The van der Waals surface area contributed by atoms with E-state index in [1.807, 2.05) is 5.32 Å². The first-order valence-electron chi connectivity index (χ1n) is 9.39. The van der Waals surface area contributed by atoms with Gasteiger partial charge < -0.3 is 15.4 Å². The Morgan fingerprint density at radius 2 is 1.61 bits per heavy atom. The van der Waals surface area contributed by atoms with Crippen molar-refractivity contribution in [2.24, 2.45) is 0 Å². The van der Waals surface area contributed by atoms with E-state index >= 15 is 0 Å². The number of carbonyl (C=O) groups is 2. The second-order valence-electron chi connectivity index (χ2n) is 6.65. The van der Waals surface area contributed by atoms with Crippen LogP contribution in [0.25, 0.3) is 0 Å². The van der Waals surface area contributed by atoms with E-state index < -0.39 is 46.5 Å². The summed E-state index contributed by atoms with van der Waals surface area (Å²) in [4.78, 5) is 35.0. The summed E-state index contributed by atoms with van der Waals surface area (Å²) < 4.78 is 43.8. The van der Waals surface area contributed by atoms with Gasteiger partial charge in [-0.2, -0.15) is 13.2 Å². The number of hydrogen-bond acceptors (Lipinski definition) is 6. The van der Waals surface area contributed by atoms with Crippen molar-refractivity contribution in [1.29, 1.82) is 0 Å². The Morgan fingerprint density at radius 1 is 0.939 bits per heavy atom. The molecule has 170 valence electrons. The summed E-state index contributed by atoms with van der Waals surface area (Å²) in [5, 5.41) is 16.3. The molecule has 11 heteroatoms. The van der Waals surface area contributed by atoms with Crippen LogP contribution in [0.1, 0.15) is 15.9 Å². The van der Waals surface area contributed by atoms with Gasteiger partial charge in [0, 0.05) is 11.8 Å². The van der Waals surface area contributed by atoms with Gasteiger partial charge in [-0.05, 0) is 36.4 Å². The molecule has 0 spiro atoms. The SMILES string of the molecule is O=C(COC(=O)c1ccc(Nc2ccccc2)c([N+](=O)[O-])c1)Nc1ccccc1C(F)(F)F. The highest BCUT2D eigenvalue weighted by atomic mass is 19.4. The van der Waals surface area contributed by atoms with Gasteiger partial charge in [0.1, 0.15) is 5.69 Å². The number of nitrogens with zero attached hydrogens (tertiary/aromatic N) is 1. The van der Waals surface area contributed by atoms with Crippen molar-refractivity contribution >= 4 is 34.6 Å². The van der Waals surface area contributed by atoms with Crippen molar-refractivity contribution in [3.63, 3.8) is 0 Å². The van der Waals surface area contributed by atoms with E-state index in [1.165, 1.54) is 24.3 Å². The molecule has 0 saturated carbocycles.